The molecule has 0 saturated carbocycles. The Kier molecular flexibility index (Phi) is 3.48. The molecule has 4 heteroatoms. The van der Waals surface area contributed by atoms with Crippen LogP contribution in [0.4, 0.5) is 0 Å². The van der Waals surface area contributed by atoms with Crippen LogP contribution < -0.4 is 14.8 Å². The van der Waals surface area contributed by atoms with E-state index in [4.69, 9.17) is 9.47 Å². The lowest BCUT2D eigenvalue weighted by Gasteiger charge is -2.23. The lowest BCUT2D eigenvalue weighted by atomic mass is 9.90. The molecule has 1 aromatic carbocycles. The molecule has 1 saturated heterocycles. The number of piperidine rings is 1. The normalized spacial score (nSPS) is 22.2. The minimum Gasteiger partial charge on any atom is -0.454 e. The minimum absolute atomic E-state index is 0.335. The molecule has 2 aliphatic heterocycles. The van der Waals surface area contributed by atoms with E-state index in [0.717, 1.165) is 34.9 Å². The van der Waals surface area contributed by atoms with Crippen molar-refractivity contribution in [3.63, 3.8) is 0 Å². The maximum atomic E-state index is 5.50. The predicted octanol–water partition coefficient (Wildman–Crippen LogP) is 3.03. The molecular formula is C14H18BrNO2. The van der Waals surface area contributed by atoms with Crippen LogP contribution in [0.2, 0.25) is 0 Å². The largest absolute Gasteiger partial charge is 0.454 e. The van der Waals surface area contributed by atoms with Crippen molar-refractivity contribution in [2.75, 3.05) is 19.9 Å². The molecule has 3 nitrogen and oxygen atoms in total. The van der Waals surface area contributed by atoms with Crippen LogP contribution >= 0.6 is 15.9 Å². The van der Waals surface area contributed by atoms with E-state index in [9.17, 15) is 0 Å². The third-order valence-electron chi connectivity index (χ3n) is 3.86. The molecule has 0 aromatic heterocycles. The summed E-state index contributed by atoms with van der Waals surface area (Å²) in [6.45, 7) is 4.78. The molecule has 2 heterocycles. The SMILES string of the molecule is Cc1c(CC2CCCNC2)cc2c(c1Br)OCO2. The van der Waals surface area contributed by atoms with Crippen molar-refractivity contribution in [1.82, 2.24) is 5.32 Å². The zero-order valence-electron chi connectivity index (χ0n) is 10.6. The summed E-state index contributed by atoms with van der Waals surface area (Å²) in [6, 6.07) is 2.15. The number of fused-ring (bicyclic) bond motifs is 1. The molecule has 0 radical (unpaired) electrons. The van der Waals surface area contributed by atoms with E-state index in [-0.39, 0.29) is 0 Å². The lowest BCUT2D eigenvalue weighted by Crippen LogP contribution is -2.31. The van der Waals surface area contributed by atoms with Gasteiger partial charge in [0.1, 0.15) is 0 Å². The fraction of sp³-hybridized carbons (Fsp3) is 0.571. The van der Waals surface area contributed by atoms with E-state index in [1.807, 2.05) is 0 Å². The fourth-order valence-corrected chi connectivity index (χ4v) is 3.33. The van der Waals surface area contributed by atoms with Gasteiger partial charge in [-0.1, -0.05) is 0 Å². The fourth-order valence-electron chi connectivity index (χ4n) is 2.77. The van der Waals surface area contributed by atoms with Crippen molar-refractivity contribution < 1.29 is 9.47 Å². The summed E-state index contributed by atoms with van der Waals surface area (Å²) in [5.74, 6) is 2.48. The molecule has 1 fully saturated rings. The average molecular weight is 312 g/mol. The third kappa shape index (κ3) is 2.24. The van der Waals surface area contributed by atoms with Gasteiger partial charge in [0.15, 0.2) is 11.5 Å². The standard InChI is InChI=1S/C14H18BrNO2/c1-9-11(5-10-3-2-4-16-7-10)6-12-14(13(9)15)18-8-17-12/h6,10,16H,2-5,7-8H2,1H3. The second kappa shape index (κ2) is 5.10. The van der Waals surface area contributed by atoms with Gasteiger partial charge in [0.2, 0.25) is 6.79 Å². The van der Waals surface area contributed by atoms with E-state index in [1.54, 1.807) is 0 Å². The van der Waals surface area contributed by atoms with Crippen LogP contribution in [0.25, 0.3) is 0 Å². The Morgan fingerprint density at radius 2 is 2.33 bits per heavy atom. The van der Waals surface area contributed by atoms with Gasteiger partial charge in [-0.05, 0) is 78.3 Å². The highest BCUT2D eigenvalue weighted by Gasteiger charge is 2.23. The maximum Gasteiger partial charge on any atom is 0.231 e. The molecular weight excluding hydrogens is 294 g/mol. The maximum absolute atomic E-state index is 5.50. The number of rotatable bonds is 2. The summed E-state index contributed by atoms with van der Waals surface area (Å²) in [7, 11) is 0. The number of nitrogens with one attached hydrogen (secondary N) is 1. The van der Waals surface area contributed by atoms with Crippen molar-refractivity contribution in [3.8, 4) is 11.5 Å². The Bertz CT molecular complexity index is 456. The van der Waals surface area contributed by atoms with Crippen molar-refractivity contribution >= 4 is 15.9 Å². The first-order valence-corrected chi connectivity index (χ1v) is 7.33. The highest BCUT2D eigenvalue weighted by atomic mass is 79.9. The topological polar surface area (TPSA) is 30.5 Å². The van der Waals surface area contributed by atoms with Crippen LogP contribution in [0.5, 0.6) is 11.5 Å². The van der Waals surface area contributed by atoms with Gasteiger partial charge >= 0.3 is 0 Å². The van der Waals surface area contributed by atoms with Crippen molar-refractivity contribution in [3.05, 3.63) is 21.7 Å². The molecule has 1 unspecified atom stereocenters. The smallest absolute Gasteiger partial charge is 0.231 e. The predicted molar refractivity (Wildman–Crippen MR) is 74.3 cm³/mol. The first-order valence-electron chi connectivity index (χ1n) is 6.54. The van der Waals surface area contributed by atoms with Gasteiger partial charge in [0.05, 0.1) is 4.47 Å². The molecule has 3 rings (SSSR count). The number of hydrogen-bond acceptors (Lipinski definition) is 3. The second-order valence-electron chi connectivity index (χ2n) is 5.12. The molecule has 2 aliphatic rings. The zero-order valence-corrected chi connectivity index (χ0v) is 12.2. The Morgan fingerprint density at radius 3 is 3.11 bits per heavy atom. The van der Waals surface area contributed by atoms with Gasteiger partial charge in [-0.3, -0.25) is 0 Å². The van der Waals surface area contributed by atoms with E-state index in [2.05, 4.69) is 34.2 Å². The second-order valence-corrected chi connectivity index (χ2v) is 5.92. The Hall–Kier alpha value is -0.740. The number of hydrogen-bond donors (Lipinski definition) is 1. The first-order chi connectivity index (χ1) is 8.75. The Labute approximate surface area is 116 Å². The molecule has 98 valence electrons. The summed E-state index contributed by atoms with van der Waals surface area (Å²) >= 11 is 3.63. The van der Waals surface area contributed by atoms with Gasteiger partial charge in [0.25, 0.3) is 0 Å². The minimum atomic E-state index is 0.335. The summed E-state index contributed by atoms with van der Waals surface area (Å²) in [5, 5.41) is 3.47. The summed E-state index contributed by atoms with van der Waals surface area (Å²) in [6.07, 6.45) is 3.72. The van der Waals surface area contributed by atoms with Crippen LogP contribution in [-0.4, -0.2) is 19.9 Å². The van der Waals surface area contributed by atoms with E-state index in [1.165, 1.54) is 30.5 Å². The molecule has 0 bridgehead atoms. The highest BCUT2D eigenvalue weighted by molar-refractivity contribution is 9.10. The molecule has 0 amide bonds. The van der Waals surface area contributed by atoms with Crippen molar-refractivity contribution in [2.24, 2.45) is 5.92 Å². The van der Waals surface area contributed by atoms with Crippen LogP contribution in [0.15, 0.2) is 10.5 Å². The molecule has 1 aromatic rings. The highest BCUT2D eigenvalue weighted by Crippen LogP contribution is 2.43. The van der Waals surface area contributed by atoms with Gasteiger partial charge in [-0.15, -0.1) is 0 Å². The average Bonchev–Trinajstić information content (AvgIpc) is 2.85. The summed E-state index contributed by atoms with van der Waals surface area (Å²) in [5.41, 5.74) is 2.66. The third-order valence-corrected chi connectivity index (χ3v) is 4.82. The number of benzene rings is 1. The number of ether oxygens (including phenoxy) is 2. The van der Waals surface area contributed by atoms with Crippen molar-refractivity contribution in [2.45, 2.75) is 26.2 Å². The monoisotopic (exact) mass is 311 g/mol. The summed E-state index contributed by atoms with van der Waals surface area (Å²) in [4.78, 5) is 0. The quantitative estimate of drug-likeness (QED) is 0.910. The van der Waals surface area contributed by atoms with Crippen molar-refractivity contribution in [1.29, 1.82) is 0 Å². The van der Waals surface area contributed by atoms with Crippen LogP contribution in [-0.2, 0) is 6.42 Å². The van der Waals surface area contributed by atoms with Gasteiger partial charge < -0.3 is 14.8 Å². The molecule has 1 N–H and O–H groups in total. The lowest BCUT2D eigenvalue weighted by molar-refractivity contribution is 0.173. The van der Waals surface area contributed by atoms with Gasteiger partial charge in [-0.25, -0.2) is 0 Å². The Balaban J connectivity index is 1.85. The summed E-state index contributed by atoms with van der Waals surface area (Å²) < 4.78 is 12.0. The Morgan fingerprint density at radius 1 is 1.44 bits per heavy atom. The molecule has 0 spiro atoms. The van der Waals surface area contributed by atoms with Crippen LogP contribution in [0.1, 0.15) is 24.0 Å². The van der Waals surface area contributed by atoms with Crippen LogP contribution in [0.3, 0.4) is 0 Å². The van der Waals surface area contributed by atoms with Gasteiger partial charge in [0, 0.05) is 0 Å². The van der Waals surface area contributed by atoms with E-state index >= 15 is 0 Å². The van der Waals surface area contributed by atoms with E-state index < -0.39 is 0 Å². The zero-order chi connectivity index (χ0) is 12.5. The molecule has 0 aliphatic carbocycles. The number of halogens is 1. The molecule has 18 heavy (non-hydrogen) atoms. The van der Waals surface area contributed by atoms with Gasteiger partial charge in [-0.2, -0.15) is 0 Å². The first kappa shape index (κ1) is 12.3. The molecule has 1 atom stereocenters. The van der Waals surface area contributed by atoms with Crippen LogP contribution in [0, 0.1) is 12.8 Å². The van der Waals surface area contributed by atoms with E-state index in [0.29, 0.717) is 6.79 Å².